The summed E-state index contributed by atoms with van der Waals surface area (Å²) < 4.78 is 0. The summed E-state index contributed by atoms with van der Waals surface area (Å²) in [5, 5.41) is 8.43. The minimum Gasteiger partial charge on any atom is -0.464 e. The van der Waals surface area contributed by atoms with Gasteiger partial charge in [-0.2, -0.15) is 0 Å². The molecular formula is C6H6N2O3. The van der Waals surface area contributed by atoms with E-state index in [4.69, 9.17) is 5.11 Å². The Labute approximate surface area is 62.6 Å². The van der Waals surface area contributed by atoms with E-state index in [0.717, 1.165) is 0 Å². The lowest BCUT2D eigenvalue weighted by Gasteiger charge is -2.08. The Morgan fingerprint density at radius 1 is 1.73 bits per heavy atom. The molecule has 1 heterocycles. The first-order chi connectivity index (χ1) is 5.22. The van der Waals surface area contributed by atoms with Crippen LogP contribution in [-0.2, 0) is 4.79 Å². The van der Waals surface area contributed by atoms with Crippen LogP contribution in [0.25, 0.3) is 0 Å². The average Bonchev–Trinajstić information content (AvgIpc) is 2.13. The van der Waals surface area contributed by atoms with E-state index in [9.17, 15) is 9.59 Å². The molecule has 58 valence electrons. The van der Waals surface area contributed by atoms with Crippen molar-refractivity contribution in [1.82, 2.24) is 4.90 Å². The fraction of sp³-hybridized carbons (Fsp3) is 0.167. The summed E-state index contributed by atoms with van der Waals surface area (Å²) in [7, 11) is 0. The molecule has 0 aliphatic carbocycles. The largest absolute Gasteiger partial charge is 0.464 e. The molecule has 0 saturated heterocycles. The molecule has 0 aromatic heterocycles. The summed E-state index contributed by atoms with van der Waals surface area (Å²) in [5.74, 6) is -0.539. The molecule has 0 fully saturated rings. The lowest BCUT2D eigenvalue weighted by Crippen LogP contribution is -2.31. The van der Waals surface area contributed by atoms with Crippen LogP contribution >= 0.6 is 0 Å². The summed E-state index contributed by atoms with van der Waals surface area (Å²) in [6, 6.07) is 0. The first-order valence-corrected chi connectivity index (χ1v) is 2.93. The maximum atomic E-state index is 10.8. The Morgan fingerprint density at radius 3 is 3.09 bits per heavy atom. The van der Waals surface area contributed by atoms with Gasteiger partial charge in [0.05, 0.1) is 0 Å². The summed E-state index contributed by atoms with van der Waals surface area (Å²) in [6.07, 6.45) is 2.68. The van der Waals surface area contributed by atoms with Crippen LogP contribution in [0, 0.1) is 0 Å². The summed E-state index contributed by atoms with van der Waals surface area (Å²) in [5.41, 5.74) is 0. The number of imide groups is 1. The van der Waals surface area contributed by atoms with E-state index in [1.807, 2.05) is 0 Å². The molecule has 0 unspecified atom stereocenters. The maximum absolute atomic E-state index is 10.8. The van der Waals surface area contributed by atoms with Gasteiger partial charge >= 0.3 is 6.09 Å². The van der Waals surface area contributed by atoms with Crippen LogP contribution in [0.1, 0.15) is 0 Å². The number of nitrogens with zero attached hydrogens (tertiary/aromatic N) is 2. The van der Waals surface area contributed by atoms with Crippen LogP contribution in [0.15, 0.2) is 17.3 Å². The SMILES string of the molecule is O=C(O)N1C=CC=NCC1=O. The van der Waals surface area contributed by atoms with Gasteiger partial charge in [-0.25, -0.2) is 9.69 Å². The van der Waals surface area contributed by atoms with Crippen LogP contribution in [0.3, 0.4) is 0 Å². The monoisotopic (exact) mass is 154 g/mol. The molecular weight excluding hydrogens is 148 g/mol. The predicted molar refractivity (Wildman–Crippen MR) is 37.4 cm³/mol. The molecule has 0 spiro atoms. The van der Waals surface area contributed by atoms with E-state index in [0.29, 0.717) is 4.90 Å². The van der Waals surface area contributed by atoms with Gasteiger partial charge in [-0.15, -0.1) is 0 Å². The van der Waals surface area contributed by atoms with Crippen molar-refractivity contribution in [2.24, 2.45) is 4.99 Å². The van der Waals surface area contributed by atoms with Crippen molar-refractivity contribution < 1.29 is 14.7 Å². The highest BCUT2D eigenvalue weighted by molar-refractivity contribution is 5.96. The Morgan fingerprint density at radius 2 is 2.45 bits per heavy atom. The van der Waals surface area contributed by atoms with E-state index < -0.39 is 12.0 Å². The normalized spacial score (nSPS) is 16.7. The second-order valence-corrected chi connectivity index (χ2v) is 1.88. The molecule has 0 radical (unpaired) electrons. The number of hydrogen-bond donors (Lipinski definition) is 1. The predicted octanol–water partition coefficient (Wildman–Crippen LogP) is 0.0911. The highest BCUT2D eigenvalue weighted by Crippen LogP contribution is 1.95. The zero-order chi connectivity index (χ0) is 8.27. The number of hydrogen-bond acceptors (Lipinski definition) is 3. The number of rotatable bonds is 0. The van der Waals surface area contributed by atoms with Crippen molar-refractivity contribution in [1.29, 1.82) is 0 Å². The lowest BCUT2D eigenvalue weighted by molar-refractivity contribution is -0.125. The third-order valence-electron chi connectivity index (χ3n) is 1.13. The first-order valence-electron chi connectivity index (χ1n) is 2.93. The molecule has 11 heavy (non-hydrogen) atoms. The molecule has 2 amide bonds. The van der Waals surface area contributed by atoms with Crippen LogP contribution < -0.4 is 0 Å². The number of carboxylic acid groups (broad SMARTS) is 1. The quantitative estimate of drug-likeness (QED) is 0.537. The van der Waals surface area contributed by atoms with Crippen molar-refractivity contribution >= 4 is 18.2 Å². The molecule has 0 bridgehead atoms. The number of allylic oxidation sites excluding steroid dienone is 1. The minimum absolute atomic E-state index is 0.112. The van der Waals surface area contributed by atoms with Gasteiger partial charge in [-0.05, 0) is 6.08 Å². The van der Waals surface area contributed by atoms with E-state index in [1.165, 1.54) is 18.5 Å². The molecule has 1 N–H and O–H groups in total. The van der Waals surface area contributed by atoms with Crippen molar-refractivity contribution in [2.45, 2.75) is 0 Å². The van der Waals surface area contributed by atoms with E-state index in [2.05, 4.69) is 4.99 Å². The van der Waals surface area contributed by atoms with Gasteiger partial charge in [0.2, 0.25) is 0 Å². The fourth-order valence-electron chi connectivity index (χ4n) is 0.646. The zero-order valence-electron chi connectivity index (χ0n) is 5.60. The number of amides is 2. The lowest BCUT2D eigenvalue weighted by atomic mass is 10.5. The number of aliphatic imine (C=N–C) groups is 1. The Hall–Kier alpha value is -1.65. The van der Waals surface area contributed by atoms with Crippen LogP contribution in [-0.4, -0.2) is 34.8 Å². The fourth-order valence-corrected chi connectivity index (χ4v) is 0.646. The third kappa shape index (κ3) is 1.64. The van der Waals surface area contributed by atoms with Crippen molar-refractivity contribution in [2.75, 3.05) is 6.54 Å². The molecule has 0 aromatic carbocycles. The molecule has 1 rings (SSSR count). The molecule has 0 aromatic rings. The topological polar surface area (TPSA) is 70.0 Å². The second kappa shape index (κ2) is 2.96. The van der Waals surface area contributed by atoms with E-state index >= 15 is 0 Å². The Bertz CT molecular complexity index is 244. The summed E-state index contributed by atoms with van der Waals surface area (Å²) in [4.78, 5) is 25.4. The van der Waals surface area contributed by atoms with Crippen LogP contribution in [0.4, 0.5) is 4.79 Å². The third-order valence-corrected chi connectivity index (χ3v) is 1.13. The Balaban J connectivity index is 2.80. The van der Waals surface area contributed by atoms with Crippen LogP contribution in [0.5, 0.6) is 0 Å². The first kappa shape index (κ1) is 7.46. The van der Waals surface area contributed by atoms with Gasteiger partial charge in [0, 0.05) is 12.4 Å². The highest BCUT2D eigenvalue weighted by Gasteiger charge is 2.17. The van der Waals surface area contributed by atoms with Gasteiger partial charge in [-0.3, -0.25) is 9.79 Å². The van der Waals surface area contributed by atoms with Crippen molar-refractivity contribution in [3.05, 3.63) is 12.3 Å². The average molecular weight is 154 g/mol. The van der Waals surface area contributed by atoms with E-state index in [1.54, 1.807) is 0 Å². The van der Waals surface area contributed by atoms with Gasteiger partial charge in [0.25, 0.3) is 5.91 Å². The Kier molecular flexibility index (Phi) is 2.00. The number of carbonyl (C=O) groups excluding carboxylic acids is 1. The minimum atomic E-state index is -1.28. The van der Waals surface area contributed by atoms with Gasteiger partial charge in [0.1, 0.15) is 6.54 Å². The van der Waals surface area contributed by atoms with Crippen molar-refractivity contribution in [3.8, 4) is 0 Å². The standard InChI is InChI=1S/C6H6N2O3/c9-5-4-7-2-1-3-8(5)6(10)11/h1-3H,4H2,(H,10,11). The molecule has 0 saturated carbocycles. The summed E-state index contributed by atoms with van der Waals surface area (Å²) in [6.45, 7) is -0.112. The molecule has 1 aliphatic rings. The highest BCUT2D eigenvalue weighted by atomic mass is 16.4. The molecule has 1 aliphatic heterocycles. The van der Waals surface area contributed by atoms with Crippen LogP contribution in [0.2, 0.25) is 0 Å². The van der Waals surface area contributed by atoms with Gasteiger partial charge in [-0.1, -0.05) is 0 Å². The van der Waals surface area contributed by atoms with Gasteiger partial charge in [0.15, 0.2) is 0 Å². The van der Waals surface area contributed by atoms with Crippen molar-refractivity contribution in [3.63, 3.8) is 0 Å². The maximum Gasteiger partial charge on any atom is 0.418 e. The molecule has 5 heteroatoms. The van der Waals surface area contributed by atoms with Gasteiger partial charge < -0.3 is 5.11 Å². The summed E-state index contributed by atoms with van der Waals surface area (Å²) >= 11 is 0. The zero-order valence-corrected chi connectivity index (χ0v) is 5.60. The second-order valence-electron chi connectivity index (χ2n) is 1.88. The van der Waals surface area contributed by atoms with E-state index in [-0.39, 0.29) is 6.54 Å². The number of carbonyl (C=O) groups is 2. The molecule has 0 atom stereocenters. The smallest absolute Gasteiger partial charge is 0.418 e. The molecule has 5 nitrogen and oxygen atoms in total.